The number of aryl methyl sites for hydroxylation is 1. The summed E-state index contributed by atoms with van der Waals surface area (Å²) in [6, 6.07) is 5.43. The van der Waals surface area contributed by atoms with Gasteiger partial charge in [-0.3, -0.25) is 4.79 Å². The van der Waals surface area contributed by atoms with Gasteiger partial charge in [0.1, 0.15) is 0 Å². The molecule has 0 unspecified atom stereocenters. The van der Waals surface area contributed by atoms with Crippen LogP contribution in [0.2, 0.25) is 5.02 Å². The van der Waals surface area contributed by atoms with Crippen LogP contribution in [0.3, 0.4) is 0 Å². The number of hydrogen-bond acceptors (Lipinski definition) is 2. The fourth-order valence-electron chi connectivity index (χ4n) is 1.16. The van der Waals surface area contributed by atoms with Crippen LogP contribution in [-0.4, -0.2) is 19.0 Å². The van der Waals surface area contributed by atoms with Crippen LogP contribution in [0.25, 0.3) is 0 Å². The molecule has 1 aromatic rings. The van der Waals surface area contributed by atoms with Gasteiger partial charge in [-0.05, 0) is 31.2 Å². The molecule has 5 heteroatoms. The van der Waals surface area contributed by atoms with Gasteiger partial charge in [0, 0.05) is 10.7 Å². The van der Waals surface area contributed by atoms with Crippen LogP contribution in [0, 0.1) is 6.92 Å². The third-order valence-corrected chi connectivity index (χ3v) is 2.24. The molecule has 1 rings (SSSR count). The van der Waals surface area contributed by atoms with E-state index >= 15 is 0 Å². The van der Waals surface area contributed by atoms with Crippen molar-refractivity contribution in [2.24, 2.45) is 0 Å². The lowest BCUT2D eigenvalue weighted by molar-refractivity contribution is -0.115. The Labute approximate surface area is 107 Å². The van der Waals surface area contributed by atoms with Crippen molar-refractivity contribution in [3.63, 3.8) is 0 Å². The fourth-order valence-corrected chi connectivity index (χ4v) is 1.33. The third kappa shape index (κ3) is 4.84. The van der Waals surface area contributed by atoms with Crippen molar-refractivity contribution in [1.29, 1.82) is 0 Å². The Hall–Kier alpha value is -0.770. The molecular formula is C11H16Cl2N2O. The van der Waals surface area contributed by atoms with Crippen LogP contribution in [0.5, 0.6) is 0 Å². The summed E-state index contributed by atoms with van der Waals surface area (Å²) in [6.45, 7) is 4.99. The van der Waals surface area contributed by atoms with Gasteiger partial charge in [0.2, 0.25) is 5.91 Å². The summed E-state index contributed by atoms with van der Waals surface area (Å²) in [5, 5.41) is 6.38. The summed E-state index contributed by atoms with van der Waals surface area (Å²) in [6.07, 6.45) is 0. The molecule has 0 aliphatic rings. The Morgan fingerprint density at radius 3 is 2.75 bits per heavy atom. The van der Waals surface area contributed by atoms with Crippen molar-refractivity contribution in [3.8, 4) is 0 Å². The van der Waals surface area contributed by atoms with Crippen molar-refractivity contribution in [1.82, 2.24) is 5.32 Å². The lowest BCUT2D eigenvalue weighted by atomic mass is 10.2. The van der Waals surface area contributed by atoms with E-state index in [1.54, 1.807) is 12.1 Å². The van der Waals surface area contributed by atoms with E-state index in [0.29, 0.717) is 11.6 Å². The van der Waals surface area contributed by atoms with Crippen molar-refractivity contribution in [2.75, 3.05) is 18.4 Å². The van der Waals surface area contributed by atoms with E-state index in [-0.39, 0.29) is 18.3 Å². The Morgan fingerprint density at radius 1 is 1.44 bits per heavy atom. The average molecular weight is 263 g/mol. The zero-order valence-electron chi connectivity index (χ0n) is 9.34. The van der Waals surface area contributed by atoms with Gasteiger partial charge >= 0.3 is 0 Å². The number of carbonyl (C=O) groups excluding carboxylic acids is 1. The number of likely N-dealkylation sites (N-methyl/N-ethyl adjacent to an activating group) is 1. The van der Waals surface area contributed by atoms with E-state index in [0.717, 1.165) is 17.8 Å². The van der Waals surface area contributed by atoms with Crippen molar-refractivity contribution >= 4 is 35.6 Å². The normalized spacial score (nSPS) is 9.44. The highest BCUT2D eigenvalue weighted by Crippen LogP contribution is 2.19. The molecule has 1 aromatic carbocycles. The minimum atomic E-state index is -0.0535. The number of carbonyl (C=O) groups is 1. The second-order valence-electron chi connectivity index (χ2n) is 3.29. The van der Waals surface area contributed by atoms with E-state index < -0.39 is 0 Å². The van der Waals surface area contributed by atoms with Gasteiger partial charge in [0.15, 0.2) is 0 Å². The minimum Gasteiger partial charge on any atom is -0.325 e. The van der Waals surface area contributed by atoms with Gasteiger partial charge in [0.05, 0.1) is 6.54 Å². The SMILES string of the molecule is CCNCC(=O)Nc1cc(Cl)ccc1C.Cl. The number of anilines is 1. The van der Waals surface area contributed by atoms with Crippen molar-refractivity contribution in [2.45, 2.75) is 13.8 Å². The average Bonchev–Trinajstić information content (AvgIpc) is 2.20. The Morgan fingerprint density at radius 2 is 2.12 bits per heavy atom. The van der Waals surface area contributed by atoms with E-state index in [1.807, 2.05) is 19.9 Å². The number of halogens is 2. The topological polar surface area (TPSA) is 41.1 Å². The molecule has 1 amide bonds. The monoisotopic (exact) mass is 262 g/mol. The maximum atomic E-state index is 11.4. The van der Waals surface area contributed by atoms with Gasteiger partial charge in [-0.15, -0.1) is 12.4 Å². The lowest BCUT2D eigenvalue weighted by Crippen LogP contribution is -2.27. The van der Waals surface area contributed by atoms with Crippen LogP contribution in [0.1, 0.15) is 12.5 Å². The van der Waals surface area contributed by atoms with Gasteiger partial charge in [-0.25, -0.2) is 0 Å². The summed E-state index contributed by atoms with van der Waals surface area (Å²) < 4.78 is 0. The molecule has 0 spiro atoms. The maximum Gasteiger partial charge on any atom is 0.238 e. The van der Waals surface area contributed by atoms with Gasteiger partial charge in [0.25, 0.3) is 0 Å². The zero-order chi connectivity index (χ0) is 11.3. The molecule has 0 atom stereocenters. The van der Waals surface area contributed by atoms with Gasteiger partial charge in [-0.2, -0.15) is 0 Å². The zero-order valence-corrected chi connectivity index (χ0v) is 10.9. The largest absolute Gasteiger partial charge is 0.325 e. The second kappa shape index (κ2) is 7.49. The van der Waals surface area contributed by atoms with E-state index in [4.69, 9.17) is 11.6 Å². The molecule has 3 nitrogen and oxygen atoms in total. The summed E-state index contributed by atoms with van der Waals surface area (Å²) in [5.41, 5.74) is 1.77. The molecule has 0 saturated heterocycles. The van der Waals surface area contributed by atoms with Crippen molar-refractivity contribution in [3.05, 3.63) is 28.8 Å². The smallest absolute Gasteiger partial charge is 0.238 e. The highest BCUT2D eigenvalue weighted by molar-refractivity contribution is 6.31. The number of rotatable bonds is 4. The minimum absolute atomic E-state index is 0. The second-order valence-corrected chi connectivity index (χ2v) is 3.72. The van der Waals surface area contributed by atoms with Crippen LogP contribution in [-0.2, 0) is 4.79 Å². The van der Waals surface area contributed by atoms with E-state index in [2.05, 4.69) is 10.6 Å². The highest BCUT2D eigenvalue weighted by atomic mass is 35.5. The summed E-state index contributed by atoms with van der Waals surface area (Å²) in [4.78, 5) is 11.4. The first-order valence-corrected chi connectivity index (χ1v) is 5.28. The number of benzene rings is 1. The molecule has 0 aliphatic heterocycles. The van der Waals surface area contributed by atoms with E-state index in [9.17, 15) is 4.79 Å². The molecule has 0 aliphatic carbocycles. The van der Waals surface area contributed by atoms with Gasteiger partial charge in [-0.1, -0.05) is 24.6 Å². The predicted octanol–water partition coefficient (Wildman–Crippen LogP) is 2.62. The fraction of sp³-hybridized carbons (Fsp3) is 0.364. The van der Waals surface area contributed by atoms with Crippen molar-refractivity contribution < 1.29 is 4.79 Å². The molecule has 0 radical (unpaired) electrons. The molecule has 16 heavy (non-hydrogen) atoms. The molecular weight excluding hydrogens is 247 g/mol. The molecule has 0 saturated carbocycles. The van der Waals surface area contributed by atoms with E-state index in [1.165, 1.54) is 0 Å². The number of nitrogens with one attached hydrogen (secondary N) is 2. The lowest BCUT2D eigenvalue weighted by Gasteiger charge is -2.08. The first-order valence-electron chi connectivity index (χ1n) is 4.90. The quantitative estimate of drug-likeness (QED) is 0.876. The molecule has 0 aromatic heterocycles. The summed E-state index contributed by atoms with van der Waals surface area (Å²) in [5.74, 6) is -0.0535. The maximum absolute atomic E-state index is 11.4. The molecule has 0 heterocycles. The standard InChI is InChI=1S/C11H15ClN2O.ClH/c1-3-13-7-11(15)14-10-6-9(12)5-4-8(10)2;/h4-6,13H,3,7H2,1-2H3,(H,14,15);1H. The Kier molecular flexibility index (Phi) is 7.13. The molecule has 0 fully saturated rings. The molecule has 2 N–H and O–H groups in total. The Balaban J connectivity index is 0.00000225. The van der Waals surface area contributed by atoms with Crippen LogP contribution in [0.4, 0.5) is 5.69 Å². The highest BCUT2D eigenvalue weighted by Gasteiger charge is 2.04. The predicted molar refractivity (Wildman–Crippen MR) is 70.6 cm³/mol. The van der Waals surface area contributed by atoms with Gasteiger partial charge < -0.3 is 10.6 Å². The summed E-state index contributed by atoms with van der Waals surface area (Å²) in [7, 11) is 0. The molecule has 90 valence electrons. The third-order valence-electron chi connectivity index (χ3n) is 2.01. The number of amides is 1. The van der Waals surface area contributed by atoms with Crippen LogP contribution in [0.15, 0.2) is 18.2 Å². The summed E-state index contributed by atoms with van der Waals surface area (Å²) >= 11 is 5.84. The number of hydrogen-bond donors (Lipinski definition) is 2. The van der Waals surface area contributed by atoms with Crippen LogP contribution < -0.4 is 10.6 Å². The first-order chi connectivity index (χ1) is 7.13. The Bertz CT molecular complexity index is 356. The first kappa shape index (κ1) is 15.2. The molecule has 0 bridgehead atoms. The van der Waals surface area contributed by atoms with Crippen LogP contribution >= 0.6 is 24.0 Å².